The molecule has 0 amide bonds. The predicted octanol–water partition coefficient (Wildman–Crippen LogP) is 1.80. The lowest BCUT2D eigenvalue weighted by molar-refractivity contribution is 0.0695. The zero-order valence-corrected chi connectivity index (χ0v) is 14.9. The fourth-order valence-electron chi connectivity index (χ4n) is 3.72. The molecule has 1 saturated heterocycles. The Hall–Kier alpha value is -2.92. The van der Waals surface area contributed by atoms with Gasteiger partial charge in [0.15, 0.2) is 0 Å². The minimum absolute atomic E-state index is 0.0316. The molecule has 0 radical (unpaired) electrons. The van der Waals surface area contributed by atoms with Crippen LogP contribution in [-0.4, -0.2) is 53.8 Å². The van der Waals surface area contributed by atoms with Crippen LogP contribution in [0.2, 0.25) is 0 Å². The molecule has 0 unspecified atom stereocenters. The van der Waals surface area contributed by atoms with E-state index in [9.17, 15) is 20.0 Å². The monoisotopic (exact) mass is 370 g/mol. The van der Waals surface area contributed by atoms with Crippen molar-refractivity contribution in [3.05, 3.63) is 39.4 Å². The van der Waals surface area contributed by atoms with E-state index in [0.717, 1.165) is 32.0 Å². The first kappa shape index (κ1) is 17.5. The van der Waals surface area contributed by atoms with Gasteiger partial charge in [0.1, 0.15) is 23.0 Å². The summed E-state index contributed by atoms with van der Waals surface area (Å²) in [5.74, 6) is -2.01. The number of aromatic nitrogens is 1. The van der Waals surface area contributed by atoms with E-state index in [1.54, 1.807) is 4.57 Å². The summed E-state index contributed by atoms with van der Waals surface area (Å²) in [6.45, 7) is 2.65. The molecule has 8 heteroatoms. The van der Waals surface area contributed by atoms with Crippen LogP contribution in [0, 0.1) is 17.1 Å². The number of anilines is 1. The lowest BCUT2D eigenvalue weighted by Crippen LogP contribution is -2.45. The van der Waals surface area contributed by atoms with Crippen molar-refractivity contribution in [3.8, 4) is 6.07 Å². The predicted molar refractivity (Wildman–Crippen MR) is 97.8 cm³/mol. The van der Waals surface area contributed by atoms with Gasteiger partial charge in [-0.1, -0.05) is 0 Å². The van der Waals surface area contributed by atoms with E-state index in [-0.39, 0.29) is 22.7 Å². The van der Waals surface area contributed by atoms with E-state index >= 15 is 4.39 Å². The largest absolute Gasteiger partial charge is 0.477 e. The molecular formula is C19H19FN4O3. The molecule has 1 N–H and O–H groups in total. The summed E-state index contributed by atoms with van der Waals surface area (Å²) in [5.41, 5.74) is -0.504. The normalized spacial score (nSPS) is 17.9. The SMILES string of the molecule is CN1CCN(c2c(F)cc3c(=O)c(C(=O)O)cn(C4CC4)c3c2C#N)CC1. The topological polar surface area (TPSA) is 89.6 Å². The van der Waals surface area contributed by atoms with Gasteiger partial charge in [0.2, 0.25) is 5.43 Å². The second kappa shape index (κ2) is 6.35. The number of halogens is 1. The van der Waals surface area contributed by atoms with Crippen molar-refractivity contribution in [2.75, 3.05) is 38.1 Å². The Kier molecular flexibility index (Phi) is 4.12. The Morgan fingerprint density at radius 3 is 2.52 bits per heavy atom. The molecule has 4 rings (SSSR count). The fraction of sp³-hybridized carbons (Fsp3) is 0.421. The average molecular weight is 370 g/mol. The number of pyridine rings is 1. The van der Waals surface area contributed by atoms with Crippen LogP contribution < -0.4 is 10.3 Å². The lowest BCUT2D eigenvalue weighted by Gasteiger charge is -2.35. The van der Waals surface area contributed by atoms with Crippen molar-refractivity contribution < 1.29 is 14.3 Å². The first-order chi connectivity index (χ1) is 12.9. The molecule has 2 aliphatic rings. The van der Waals surface area contributed by atoms with Crippen molar-refractivity contribution >= 4 is 22.6 Å². The third kappa shape index (κ3) is 2.84. The number of hydrogen-bond donors (Lipinski definition) is 1. The molecule has 140 valence electrons. The molecule has 2 heterocycles. The van der Waals surface area contributed by atoms with E-state index in [2.05, 4.69) is 11.0 Å². The van der Waals surface area contributed by atoms with Gasteiger partial charge in [-0.3, -0.25) is 4.79 Å². The highest BCUT2D eigenvalue weighted by Gasteiger charge is 2.31. The van der Waals surface area contributed by atoms with Gasteiger partial charge in [-0.15, -0.1) is 0 Å². The van der Waals surface area contributed by atoms with Crippen LogP contribution in [0.3, 0.4) is 0 Å². The maximum absolute atomic E-state index is 15.0. The molecule has 1 saturated carbocycles. The van der Waals surface area contributed by atoms with Crippen LogP contribution in [0.4, 0.5) is 10.1 Å². The van der Waals surface area contributed by atoms with E-state index in [0.29, 0.717) is 18.6 Å². The van der Waals surface area contributed by atoms with Gasteiger partial charge in [0, 0.05) is 38.4 Å². The van der Waals surface area contributed by atoms with E-state index in [1.807, 2.05) is 11.9 Å². The quantitative estimate of drug-likeness (QED) is 0.886. The highest BCUT2D eigenvalue weighted by Crippen LogP contribution is 2.40. The second-order valence-corrected chi connectivity index (χ2v) is 7.20. The summed E-state index contributed by atoms with van der Waals surface area (Å²) < 4.78 is 16.7. The molecule has 1 aromatic heterocycles. The first-order valence-electron chi connectivity index (χ1n) is 8.90. The molecule has 2 fully saturated rings. The van der Waals surface area contributed by atoms with E-state index in [4.69, 9.17) is 0 Å². The van der Waals surface area contributed by atoms with Gasteiger partial charge < -0.3 is 19.5 Å². The second-order valence-electron chi connectivity index (χ2n) is 7.20. The number of rotatable bonds is 3. The minimum Gasteiger partial charge on any atom is -0.477 e. The van der Waals surface area contributed by atoms with Crippen molar-refractivity contribution in [1.82, 2.24) is 9.47 Å². The summed E-state index contributed by atoms with van der Waals surface area (Å²) in [4.78, 5) is 28.0. The Balaban J connectivity index is 2.03. The molecular weight excluding hydrogens is 351 g/mol. The van der Waals surface area contributed by atoms with Crippen molar-refractivity contribution in [3.63, 3.8) is 0 Å². The summed E-state index contributed by atoms with van der Waals surface area (Å²) in [6.07, 6.45) is 2.98. The van der Waals surface area contributed by atoms with E-state index in [1.165, 1.54) is 6.20 Å². The smallest absolute Gasteiger partial charge is 0.341 e. The fourth-order valence-corrected chi connectivity index (χ4v) is 3.72. The first-order valence-corrected chi connectivity index (χ1v) is 8.90. The summed E-state index contributed by atoms with van der Waals surface area (Å²) in [6, 6.07) is 3.21. The number of benzene rings is 1. The van der Waals surface area contributed by atoms with Crippen LogP contribution in [0.25, 0.3) is 10.9 Å². The van der Waals surface area contributed by atoms with Gasteiger partial charge >= 0.3 is 5.97 Å². The number of nitriles is 1. The van der Waals surface area contributed by atoms with Crippen LogP contribution in [0.5, 0.6) is 0 Å². The number of aromatic carboxylic acids is 1. The Bertz CT molecular complexity index is 1040. The molecule has 1 aliphatic heterocycles. The van der Waals surface area contributed by atoms with Gasteiger partial charge in [-0.2, -0.15) is 5.26 Å². The van der Waals surface area contributed by atoms with Gasteiger partial charge in [-0.25, -0.2) is 9.18 Å². The molecule has 0 bridgehead atoms. The average Bonchev–Trinajstić information content (AvgIpc) is 3.47. The van der Waals surface area contributed by atoms with E-state index < -0.39 is 22.8 Å². The summed E-state index contributed by atoms with van der Waals surface area (Å²) >= 11 is 0. The molecule has 0 atom stereocenters. The van der Waals surface area contributed by atoms with Crippen LogP contribution >= 0.6 is 0 Å². The Morgan fingerprint density at radius 2 is 1.96 bits per heavy atom. The Morgan fingerprint density at radius 1 is 1.30 bits per heavy atom. The summed E-state index contributed by atoms with van der Waals surface area (Å²) in [5, 5.41) is 19.1. The number of hydrogen-bond acceptors (Lipinski definition) is 5. The van der Waals surface area contributed by atoms with Crippen LogP contribution in [0.1, 0.15) is 34.8 Å². The molecule has 7 nitrogen and oxygen atoms in total. The number of carboxylic acids is 1. The molecule has 1 aromatic carbocycles. The van der Waals surface area contributed by atoms with Crippen molar-refractivity contribution in [1.29, 1.82) is 5.26 Å². The van der Waals surface area contributed by atoms with Gasteiger partial charge in [0.25, 0.3) is 0 Å². The van der Waals surface area contributed by atoms with Gasteiger partial charge in [0.05, 0.1) is 16.6 Å². The maximum atomic E-state index is 15.0. The summed E-state index contributed by atoms with van der Waals surface area (Å²) in [7, 11) is 1.98. The molecule has 1 aliphatic carbocycles. The third-order valence-corrected chi connectivity index (χ3v) is 5.34. The van der Waals surface area contributed by atoms with Gasteiger partial charge in [-0.05, 0) is 26.0 Å². The molecule has 27 heavy (non-hydrogen) atoms. The minimum atomic E-state index is -1.35. The van der Waals surface area contributed by atoms with Crippen LogP contribution in [0.15, 0.2) is 17.1 Å². The highest BCUT2D eigenvalue weighted by molar-refractivity contribution is 5.96. The van der Waals surface area contributed by atoms with Crippen molar-refractivity contribution in [2.24, 2.45) is 0 Å². The molecule has 2 aromatic rings. The third-order valence-electron chi connectivity index (χ3n) is 5.34. The Labute approximate surface area is 154 Å². The standard InChI is InChI=1S/C19H19FN4O3/c1-22-4-6-23(7-5-22)17-13(9-21)16-12(8-15(17)20)18(25)14(19(26)27)10-24(16)11-2-3-11/h8,10-11H,2-7H2,1H3,(H,26,27). The van der Waals surface area contributed by atoms with Crippen LogP contribution in [-0.2, 0) is 0 Å². The van der Waals surface area contributed by atoms with Crippen molar-refractivity contribution in [2.45, 2.75) is 18.9 Å². The zero-order chi connectivity index (χ0) is 19.3. The molecule has 0 spiro atoms. The number of nitrogens with zero attached hydrogens (tertiary/aromatic N) is 4. The maximum Gasteiger partial charge on any atom is 0.341 e. The number of carbonyl (C=O) groups is 1. The number of piperazine rings is 1. The zero-order valence-electron chi connectivity index (χ0n) is 14.9. The number of likely N-dealkylation sites (N-methyl/N-ethyl adjacent to an activating group) is 1. The lowest BCUT2D eigenvalue weighted by atomic mass is 10.0. The number of carboxylic acid groups (broad SMARTS) is 1. The highest BCUT2D eigenvalue weighted by atomic mass is 19.1. The number of fused-ring (bicyclic) bond motifs is 1.